The normalized spacial score (nSPS) is 10.4. The molecule has 0 spiro atoms. The number of ketones is 1. The molecule has 0 saturated carbocycles. The first-order valence-electron chi connectivity index (χ1n) is 5.82. The van der Waals surface area contributed by atoms with Crippen molar-refractivity contribution >= 4 is 17.5 Å². The Kier molecular flexibility index (Phi) is 11.1. The van der Waals surface area contributed by atoms with Gasteiger partial charge in [0.15, 0.2) is 0 Å². The zero-order valence-corrected chi connectivity index (χ0v) is 10.5. The lowest BCUT2D eigenvalue weighted by Crippen LogP contribution is -1.98. The fourth-order valence-electron chi connectivity index (χ4n) is 1.44. The minimum absolute atomic E-state index is 0.454. The molecule has 0 unspecified atom stereocenters. The molecule has 1 nitrogen and oxygen atoms in total. The second-order valence-electron chi connectivity index (χ2n) is 3.80. The zero-order chi connectivity index (χ0) is 10.6. The maximum Gasteiger partial charge on any atom is 0.133 e. The molecular weight excluding hydrogens is 192 g/mol. The molecule has 0 N–H and O–H groups in total. The molecule has 0 rings (SSSR count). The van der Waals surface area contributed by atoms with Gasteiger partial charge in [0.05, 0.1) is 0 Å². The number of hydrogen-bond donors (Lipinski definition) is 0. The van der Waals surface area contributed by atoms with Crippen LogP contribution in [-0.2, 0) is 4.79 Å². The third-order valence-corrected chi connectivity index (χ3v) is 3.01. The van der Waals surface area contributed by atoms with Crippen LogP contribution in [0.2, 0.25) is 0 Å². The van der Waals surface area contributed by atoms with E-state index < -0.39 is 0 Å². The Hall–Kier alpha value is 0.0200. The number of thioether (sulfide) groups is 1. The zero-order valence-electron chi connectivity index (χ0n) is 9.68. The van der Waals surface area contributed by atoms with Gasteiger partial charge in [0.1, 0.15) is 5.78 Å². The molecule has 0 aliphatic heterocycles. The second-order valence-corrected chi connectivity index (χ2v) is 4.78. The van der Waals surface area contributed by atoms with Crippen LogP contribution in [0.5, 0.6) is 0 Å². The van der Waals surface area contributed by atoms with E-state index in [0.29, 0.717) is 5.78 Å². The Bertz CT molecular complexity index is 134. The number of carbonyl (C=O) groups is 1. The average Bonchev–Trinajstić information content (AvgIpc) is 2.20. The standard InChI is InChI=1S/C12H24OS/c1-3-4-5-6-7-8-9-12(13)10-11-14-2/h3-11H2,1-2H3. The van der Waals surface area contributed by atoms with Crippen LogP contribution in [0.4, 0.5) is 0 Å². The summed E-state index contributed by atoms with van der Waals surface area (Å²) in [6.07, 6.45) is 11.3. The Morgan fingerprint density at radius 3 is 2.29 bits per heavy atom. The highest BCUT2D eigenvalue weighted by Gasteiger charge is 2.00. The number of hydrogen-bond acceptors (Lipinski definition) is 2. The van der Waals surface area contributed by atoms with Crippen LogP contribution in [0, 0.1) is 0 Å². The number of rotatable bonds is 10. The Balaban J connectivity index is 3.07. The van der Waals surface area contributed by atoms with Gasteiger partial charge in [-0.2, -0.15) is 11.8 Å². The van der Waals surface area contributed by atoms with E-state index in [9.17, 15) is 4.79 Å². The third-order valence-electron chi connectivity index (χ3n) is 2.39. The lowest BCUT2D eigenvalue weighted by Gasteiger charge is -2.00. The van der Waals surface area contributed by atoms with E-state index in [-0.39, 0.29) is 0 Å². The summed E-state index contributed by atoms with van der Waals surface area (Å²) in [5.74, 6) is 1.45. The summed E-state index contributed by atoms with van der Waals surface area (Å²) in [6.45, 7) is 2.23. The highest BCUT2D eigenvalue weighted by Crippen LogP contribution is 2.08. The average molecular weight is 216 g/mol. The summed E-state index contributed by atoms with van der Waals surface area (Å²) in [5.41, 5.74) is 0. The van der Waals surface area contributed by atoms with Crippen LogP contribution in [0.15, 0.2) is 0 Å². The van der Waals surface area contributed by atoms with E-state index >= 15 is 0 Å². The van der Waals surface area contributed by atoms with Crippen molar-refractivity contribution in [2.75, 3.05) is 12.0 Å². The Morgan fingerprint density at radius 2 is 1.64 bits per heavy atom. The van der Waals surface area contributed by atoms with E-state index in [2.05, 4.69) is 13.2 Å². The molecule has 0 aromatic rings. The number of Topliss-reactive ketones (excluding diaryl/α,β-unsaturated/α-hetero) is 1. The molecule has 0 atom stereocenters. The summed E-state index contributed by atoms with van der Waals surface area (Å²) in [4.78, 5) is 11.3. The van der Waals surface area contributed by atoms with Gasteiger partial charge in [-0.1, -0.05) is 39.0 Å². The summed E-state index contributed by atoms with van der Waals surface area (Å²) >= 11 is 1.76. The van der Waals surface area contributed by atoms with Crippen LogP contribution in [0.25, 0.3) is 0 Å². The molecule has 84 valence electrons. The molecule has 0 radical (unpaired) electrons. The Labute approximate surface area is 93.0 Å². The van der Waals surface area contributed by atoms with Crippen molar-refractivity contribution in [3.8, 4) is 0 Å². The minimum atomic E-state index is 0.454. The van der Waals surface area contributed by atoms with Crippen LogP contribution in [0.1, 0.15) is 58.3 Å². The lowest BCUT2D eigenvalue weighted by molar-refractivity contribution is -0.118. The van der Waals surface area contributed by atoms with Crippen molar-refractivity contribution in [2.45, 2.75) is 58.3 Å². The molecule has 0 fully saturated rings. The van der Waals surface area contributed by atoms with E-state index in [4.69, 9.17) is 0 Å². The van der Waals surface area contributed by atoms with Crippen molar-refractivity contribution in [3.63, 3.8) is 0 Å². The van der Waals surface area contributed by atoms with Gasteiger partial charge in [0, 0.05) is 12.8 Å². The van der Waals surface area contributed by atoms with E-state index in [1.165, 1.54) is 32.1 Å². The van der Waals surface area contributed by atoms with Crippen molar-refractivity contribution < 1.29 is 4.79 Å². The van der Waals surface area contributed by atoms with Crippen molar-refractivity contribution in [2.24, 2.45) is 0 Å². The van der Waals surface area contributed by atoms with Gasteiger partial charge in [-0.15, -0.1) is 0 Å². The summed E-state index contributed by atoms with van der Waals surface area (Å²) < 4.78 is 0. The third kappa shape index (κ3) is 10.1. The molecule has 0 heterocycles. The fraction of sp³-hybridized carbons (Fsp3) is 0.917. The first-order valence-corrected chi connectivity index (χ1v) is 7.21. The topological polar surface area (TPSA) is 17.1 Å². The SMILES string of the molecule is CCCCCCCCC(=O)CCSC. The maximum atomic E-state index is 11.3. The van der Waals surface area contributed by atoms with E-state index in [0.717, 1.165) is 25.0 Å². The molecule has 0 aliphatic carbocycles. The second kappa shape index (κ2) is 11.1. The van der Waals surface area contributed by atoms with Gasteiger partial charge < -0.3 is 0 Å². The molecule has 2 heteroatoms. The fourth-order valence-corrected chi connectivity index (χ4v) is 1.88. The quantitative estimate of drug-likeness (QED) is 0.512. The molecule has 0 aromatic heterocycles. The highest BCUT2D eigenvalue weighted by atomic mass is 32.2. The van der Waals surface area contributed by atoms with Gasteiger partial charge in [-0.25, -0.2) is 0 Å². The van der Waals surface area contributed by atoms with E-state index in [1.807, 2.05) is 0 Å². The predicted molar refractivity (Wildman–Crippen MR) is 66.0 cm³/mol. The molecule has 0 aliphatic rings. The van der Waals surface area contributed by atoms with Crippen LogP contribution in [0.3, 0.4) is 0 Å². The largest absolute Gasteiger partial charge is 0.300 e. The van der Waals surface area contributed by atoms with Crippen molar-refractivity contribution in [3.05, 3.63) is 0 Å². The molecule has 14 heavy (non-hydrogen) atoms. The van der Waals surface area contributed by atoms with Crippen molar-refractivity contribution in [1.82, 2.24) is 0 Å². The van der Waals surface area contributed by atoms with Gasteiger partial charge in [0.25, 0.3) is 0 Å². The number of carbonyl (C=O) groups excluding carboxylic acids is 1. The van der Waals surface area contributed by atoms with Gasteiger partial charge >= 0.3 is 0 Å². The molecule has 0 saturated heterocycles. The molecule has 0 amide bonds. The van der Waals surface area contributed by atoms with E-state index in [1.54, 1.807) is 11.8 Å². The monoisotopic (exact) mass is 216 g/mol. The maximum absolute atomic E-state index is 11.3. The summed E-state index contributed by atoms with van der Waals surface area (Å²) in [5, 5.41) is 0. The van der Waals surface area contributed by atoms with Gasteiger partial charge in [-0.3, -0.25) is 4.79 Å². The molecule has 0 bridgehead atoms. The summed E-state index contributed by atoms with van der Waals surface area (Å²) in [6, 6.07) is 0. The first kappa shape index (κ1) is 14.0. The smallest absolute Gasteiger partial charge is 0.133 e. The van der Waals surface area contributed by atoms with Crippen LogP contribution >= 0.6 is 11.8 Å². The van der Waals surface area contributed by atoms with Crippen LogP contribution in [-0.4, -0.2) is 17.8 Å². The lowest BCUT2D eigenvalue weighted by atomic mass is 10.1. The van der Waals surface area contributed by atoms with Gasteiger partial charge in [0.2, 0.25) is 0 Å². The highest BCUT2D eigenvalue weighted by molar-refractivity contribution is 7.98. The predicted octanol–water partition coefficient (Wildman–Crippen LogP) is 4.06. The first-order chi connectivity index (χ1) is 6.81. The minimum Gasteiger partial charge on any atom is -0.300 e. The van der Waals surface area contributed by atoms with Crippen molar-refractivity contribution in [1.29, 1.82) is 0 Å². The van der Waals surface area contributed by atoms with Crippen LogP contribution < -0.4 is 0 Å². The summed E-state index contributed by atoms with van der Waals surface area (Å²) in [7, 11) is 0. The number of unbranched alkanes of at least 4 members (excludes halogenated alkanes) is 5. The van der Waals surface area contributed by atoms with Gasteiger partial charge in [-0.05, 0) is 18.4 Å². The molecular formula is C12H24OS. The molecule has 0 aromatic carbocycles. The Morgan fingerprint density at radius 1 is 1.00 bits per heavy atom.